The molecule has 3 nitrogen and oxygen atoms in total. The highest BCUT2D eigenvalue weighted by molar-refractivity contribution is 6.12. The van der Waals surface area contributed by atoms with Crippen LogP contribution < -0.4 is 10.6 Å². The van der Waals surface area contributed by atoms with Gasteiger partial charge < -0.3 is 15.2 Å². The molecule has 2 aliphatic carbocycles. The third kappa shape index (κ3) is 3.88. The number of nitrogens with one attached hydrogen (secondary N) is 2. The van der Waals surface area contributed by atoms with E-state index in [0.29, 0.717) is 0 Å². The maximum Gasteiger partial charge on any atom is 0.0710 e. The normalized spacial score (nSPS) is 17.1. The van der Waals surface area contributed by atoms with Gasteiger partial charge in [0.15, 0.2) is 0 Å². The van der Waals surface area contributed by atoms with Crippen molar-refractivity contribution in [3.63, 3.8) is 0 Å². The van der Waals surface area contributed by atoms with Gasteiger partial charge in [-0.1, -0.05) is 97.1 Å². The average molecular weight is 618 g/mol. The summed E-state index contributed by atoms with van der Waals surface area (Å²) >= 11 is 0. The quantitative estimate of drug-likeness (QED) is 0.206. The predicted molar refractivity (Wildman–Crippen MR) is 200 cm³/mol. The van der Waals surface area contributed by atoms with E-state index in [0.717, 1.165) is 25.9 Å². The van der Waals surface area contributed by atoms with Gasteiger partial charge in [0.1, 0.15) is 0 Å². The first-order valence-electron chi connectivity index (χ1n) is 17.1. The standard InChI is InChI=1S/C45H35N3/c1-2-8-30(9-3-1)31-14-15-33-27-36(17-16-32(33)26-31)48-43-13-7-5-11-38(43)40-28-39-37-10-4-6-12-41(37)45(42(39)29-44(40)48,34-18-22-46-23-19-34)35-20-24-47-25-21-35/h1-13,16-22,24,26-29,46-47H,14-15,23,25H2. The predicted octanol–water partition coefficient (Wildman–Crippen LogP) is 9.62. The van der Waals surface area contributed by atoms with Crippen LogP contribution in [0.2, 0.25) is 0 Å². The summed E-state index contributed by atoms with van der Waals surface area (Å²) in [5, 5.41) is 9.40. The number of hydrogen-bond acceptors (Lipinski definition) is 2. The summed E-state index contributed by atoms with van der Waals surface area (Å²) < 4.78 is 2.51. The number of aromatic nitrogens is 1. The van der Waals surface area contributed by atoms with Gasteiger partial charge in [-0.05, 0) is 123 Å². The van der Waals surface area contributed by atoms with E-state index in [1.165, 1.54) is 83.2 Å². The highest BCUT2D eigenvalue weighted by atomic mass is 15.0. The first-order valence-corrected chi connectivity index (χ1v) is 17.1. The molecule has 0 spiro atoms. The van der Waals surface area contributed by atoms with Gasteiger partial charge in [-0.25, -0.2) is 0 Å². The summed E-state index contributed by atoms with van der Waals surface area (Å²) in [6, 6.07) is 40.9. The van der Waals surface area contributed by atoms with E-state index in [-0.39, 0.29) is 0 Å². The summed E-state index contributed by atoms with van der Waals surface area (Å²) in [4.78, 5) is 0. The molecule has 5 aromatic carbocycles. The molecular weight excluding hydrogens is 583 g/mol. The summed E-state index contributed by atoms with van der Waals surface area (Å²) in [6.07, 6.45) is 18.0. The van der Waals surface area contributed by atoms with Gasteiger partial charge in [0, 0.05) is 29.5 Å². The second-order valence-electron chi connectivity index (χ2n) is 13.3. The van der Waals surface area contributed by atoms with Crippen molar-refractivity contribution in [2.24, 2.45) is 0 Å². The summed E-state index contributed by atoms with van der Waals surface area (Å²) in [7, 11) is 0. The molecule has 3 heteroatoms. The first kappa shape index (κ1) is 27.3. The van der Waals surface area contributed by atoms with Crippen LogP contribution in [0, 0.1) is 0 Å². The van der Waals surface area contributed by atoms with E-state index in [2.05, 4.69) is 167 Å². The first-order chi connectivity index (χ1) is 23.8. The molecule has 0 bridgehead atoms. The molecule has 2 aliphatic heterocycles. The molecule has 6 aromatic rings. The zero-order chi connectivity index (χ0) is 31.7. The minimum atomic E-state index is -0.410. The molecule has 0 atom stereocenters. The molecular formula is C45H35N3. The maximum absolute atomic E-state index is 3.41. The van der Waals surface area contributed by atoms with E-state index >= 15 is 0 Å². The highest BCUT2D eigenvalue weighted by Gasteiger charge is 2.48. The van der Waals surface area contributed by atoms with Gasteiger partial charge in [0.25, 0.3) is 0 Å². The number of benzene rings is 5. The Morgan fingerprint density at radius 3 is 2.12 bits per heavy atom. The molecule has 48 heavy (non-hydrogen) atoms. The van der Waals surface area contributed by atoms with Crippen LogP contribution in [-0.4, -0.2) is 17.7 Å². The Kier molecular flexibility index (Phi) is 6.04. The van der Waals surface area contributed by atoms with Crippen LogP contribution in [0.4, 0.5) is 0 Å². The van der Waals surface area contributed by atoms with Gasteiger partial charge in [0.2, 0.25) is 0 Å². The van der Waals surface area contributed by atoms with Crippen molar-refractivity contribution in [1.82, 2.24) is 15.2 Å². The van der Waals surface area contributed by atoms with Crippen molar-refractivity contribution in [2.45, 2.75) is 18.3 Å². The summed E-state index contributed by atoms with van der Waals surface area (Å²) in [6.45, 7) is 1.64. The van der Waals surface area contributed by atoms with Crippen molar-refractivity contribution >= 4 is 33.5 Å². The number of aryl methyl sites for hydroxylation is 1. The fraction of sp³-hybridized carbons (Fsp3) is 0.111. The molecule has 0 amide bonds. The number of nitrogens with zero attached hydrogens (tertiary/aromatic N) is 1. The Hall–Kier alpha value is -5.80. The number of para-hydroxylation sites is 1. The van der Waals surface area contributed by atoms with Crippen LogP contribution in [0.3, 0.4) is 0 Å². The van der Waals surface area contributed by atoms with Gasteiger partial charge in [0.05, 0.1) is 16.4 Å². The SMILES string of the molecule is C1=CC(C2(C3=CCNC=C3)c3ccccc3-c3cc4c5ccccc5n(-c5ccc6c(c5)CCC(c5ccccc5)=C6)c4cc32)=CCN1. The lowest BCUT2D eigenvalue weighted by Crippen LogP contribution is -2.33. The van der Waals surface area contributed by atoms with Crippen LogP contribution >= 0.6 is 0 Å². The average Bonchev–Trinajstić information content (AvgIpc) is 3.64. The number of hydrogen-bond donors (Lipinski definition) is 2. The Morgan fingerprint density at radius 2 is 1.33 bits per heavy atom. The van der Waals surface area contributed by atoms with Crippen LogP contribution in [-0.2, 0) is 11.8 Å². The van der Waals surface area contributed by atoms with Crippen molar-refractivity contribution < 1.29 is 0 Å². The monoisotopic (exact) mass is 617 g/mol. The Labute approximate surface area is 280 Å². The number of fused-ring (bicyclic) bond motifs is 7. The minimum absolute atomic E-state index is 0.410. The number of allylic oxidation sites excluding steroid dienone is 5. The maximum atomic E-state index is 3.41. The molecule has 0 saturated heterocycles. The van der Waals surface area contributed by atoms with Crippen LogP contribution in [0.25, 0.3) is 50.3 Å². The fourth-order valence-corrected chi connectivity index (χ4v) is 8.77. The molecule has 3 heterocycles. The van der Waals surface area contributed by atoms with E-state index in [4.69, 9.17) is 0 Å². The molecule has 4 aliphatic rings. The van der Waals surface area contributed by atoms with Crippen molar-refractivity contribution in [3.8, 4) is 16.8 Å². The lowest BCUT2D eigenvalue weighted by atomic mass is 9.65. The van der Waals surface area contributed by atoms with Crippen LogP contribution in [0.5, 0.6) is 0 Å². The van der Waals surface area contributed by atoms with E-state index < -0.39 is 5.41 Å². The molecule has 0 fully saturated rings. The minimum Gasteiger partial charge on any atom is -0.387 e. The number of rotatable bonds is 4. The van der Waals surface area contributed by atoms with Gasteiger partial charge >= 0.3 is 0 Å². The highest BCUT2D eigenvalue weighted by Crippen LogP contribution is 2.58. The molecule has 10 rings (SSSR count). The second kappa shape index (κ2) is 10.6. The van der Waals surface area contributed by atoms with Crippen molar-refractivity contribution in [3.05, 3.63) is 185 Å². The third-order valence-corrected chi connectivity index (χ3v) is 10.9. The fourth-order valence-electron chi connectivity index (χ4n) is 8.77. The molecule has 230 valence electrons. The lowest BCUT2D eigenvalue weighted by Gasteiger charge is -2.37. The van der Waals surface area contributed by atoms with Crippen molar-refractivity contribution in [2.75, 3.05) is 13.1 Å². The third-order valence-electron chi connectivity index (χ3n) is 10.9. The van der Waals surface area contributed by atoms with Gasteiger partial charge in [-0.15, -0.1) is 0 Å². The molecule has 0 saturated carbocycles. The van der Waals surface area contributed by atoms with E-state index in [1.807, 2.05) is 0 Å². The Bertz CT molecular complexity index is 2420. The van der Waals surface area contributed by atoms with E-state index in [9.17, 15) is 0 Å². The lowest BCUT2D eigenvalue weighted by molar-refractivity contribution is 0.734. The Balaban J connectivity index is 1.24. The second-order valence-corrected chi connectivity index (χ2v) is 13.3. The summed E-state index contributed by atoms with van der Waals surface area (Å²) in [5.74, 6) is 0. The van der Waals surface area contributed by atoms with Gasteiger partial charge in [-0.2, -0.15) is 0 Å². The smallest absolute Gasteiger partial charge is 0.0710 e. The molecule has 2 N–H and O–H groups in total. The largest absolute Gasteiger partial charge is 0.387 e. The molecule has 1 aromatic heterocycles. The molecule has 0 radical (unpaired) electrons. The zero-order valence-corrected chi connectivity index (χ0v) is 26.7. The molecule has 0 unspecified atom stereocenters. The van der Waals surface area contributed by atoms with Crippen molar-refractivity contribution in [1.29, 1.82) is 0 Å². The number of dihydropyridines is 2. The van der Waals surface area contributed by atoms with Crippen LogP contribution in [0.1, 0.15) is 34.2 Å². The van der Waals surface area contributed by atoms with Crippen LogP contribution in [0.15, 0.2) is 157 Å². The zero-order valence-electron chi connectivity index (χ0n) is 26.7. The van der Waals surface area contributed by atoms with Gasteiger partial charge in [-0.3, -0.25) is 0 Å². The topological polar surface area (TPSA) is 29.0 Å². The summed E-state index contributed by atoms with van der Waals surface area (Å²) in [5.41, 5.74) is 16.8. The van der Waals surface area contributed by atoms with E-state index in [1.54, 1.807) is 0 Å². The Morgan fingerprint density at radius 1 is 0.583 bits per heavy atom.